The van der Waals surface area contributed by atoms with Crippen molar-refractivity contribution in [1.29, 1.82) is 0 Å². The second-order valence-electron chi connectivity index (χ2n) is 6.17. The Morgan fingerprint density at radius 1 is 1.12 bits per heavy atom. The molecule has 0 bridgehead atoms. The average molecular weight is 322 g/mol. The Balaban J connectivity index is 1.87. The predicted octanol–water partition coefficient (Wildman–Crippen LogP) is 3.47. The first-order chi connectivity index (χ1) is 11.6. The number of aromatic nitrogens is 1. The zero-order valence-corrected chi connectivity index (χ0v) is 13.9. The summed E-state index contributed by atoms with van der Waals surface area (Å²) in [5, 5.41) is 0.967. The summed E-state index contributed by atoms with van der Waals surface area (Å²) in [5.74, 6) is 1.69. The van der Waals surface area contributed by atoms with Gasteiger partial charge in [0.05, 0.1) is 6.54 Å². The fourth-order valence-electron chi connectivity index (χ4n) is 3.19. The topological polar surface area (TPSA) is 55.6 Å². The van der Waals surface area contributed by atoms with Gasteiger partial charge >= 0.3 is 5.63 Å². The lowest BCUT2D eigenvalue weighted by Crippen LogP contribution is -2.32. The van der Waals surface area contributed by atoms with E-state index in [1.54, 1.807) is 13.1 Å². The first-order valence-electron chi connectivity index (χ1n) is 7.91. The number of aryl methyl sites for hydroxylation is 2. The molecule has 3 aromatic rings. The second kappa shape index (κ2) is 5.37. The first kappa shape index (κ1) is 14.8. The number of hydrogen-bond donors (Lipinski definition) is 0. The molecule has 0 spiro atoms. The Morgan fingerprint density at radius 3 is 2.71 bits per heavy atom. The van der Waals surface area contributed by atoms with Crippen molar-refractivity contribution in [2.24, 2.45) is 0 Å². The number of benzene rings is 1. The highest BCUT2D eigenvalue weighted by molar-refractivity contribution is 5.87. The maximum Gasteiger partial charge on any atom is 0.339 e. The van der Waals surface area contributed by atoms with Gasteiger partial charge in [-0.3, -0.25) is 0 Å². The van der Waals surface area contributed by atoms with E-state index in [1.165, 1.54) is 0 Å². The molecule has 0 aliphatic carbocycles. The number of fused-ring (bicyclic) bond motifs is 2. The van der Waals surface area contributed by atoms with Crippen LogP contribution in [0.5, 0.6) is 5.75 Å². The summed E-state index contributed by atoms with van der Waals surface area (Å²) in [6.07, 6.45) is 1.78. The van der Waals surface area contributed by atoms with E-state index in [2.05, 4.69) is 16.0 Å². The van der Waals surface area contributed by atoms with Gasteiger partial charge in [-0.05, 0) is 44.5 Å². The molecule has 1 aromatic carbocycles. The fraction of sp³-hybridized carbons (Fsp3) is 0.263. The van der Waals surface area contributed by atoms with Gasteiger partial charge in [0.2, 0.25) is 0 Å². The van der Waals surface area contributed by atoms with Gasteiger partial charge in [0.15, 0.2) is 6.73 Å². The van der Waals surface area contributed by atoms with Crippen LogP contribution < -0.4 is 15.3 Å². The van der Waals surface area contributed by atoms with E-state index >= 15 is 0 Å². The van der Waals surface area contributed by atoms with Crippen LogP contribution in [-0.4, -0.2) is 11.7 Å². The van der Waals surface area contributed by atoms with Gasteiger partial charge in [0.1, 0.15) is 17.2 Å². The van der Waals surface area contributed by atoms with Gasteiger partial charge in [-0.2, -0.15) is 0 Å². The van der Waals surface area contributed by atoms with Gasteiger partial charge in [-0.25, -0.2) is 9.78 Å². The van der Waals surface area contributed by atoms with Crippen LogP contribution in [0.2, 0.25) is 0 Å². The molecule has 0 saturated heterocycles. The number of anilines is 1. The van der Waals surface area contributed by atoms with E-state index in [9.17, 15) is 4.79 Å². The Labute approximate surface area is 139 Å². The van der Waals surface area contributed by atoms with Crippen LogP contribution in [0, 0.1) is 20.8 Å². The van der Waals surface area contributed by atoms with Crippen LogP contribution in [0.4, 0.5) is 5.82 Å². The molecule has 1 aliphatic rings. The molecule has 0 unspecified atom stereocenters. The van der Waals surface area contributed by atoms with E-state index in [-0.39, 0.29) is 5.63 Å². The van der Waals surface area contributed by atoms with Gasteiger partial charge < -0.3 is 14.1 Å². The van der Waals surface area contributed by atoms with Crippen molar-refractivity contribution >= 4 is 16.8 Å². The molecule has 5 nitrogen and oxygen atoms in total. The van der Waals surface area contributed by atoms with Crippen molar-refractivity contribution in [1.82, 2.24) is 4.98 Å². The lowest BCUT2D eigenvalue weighted by molar-refractivity contribution is 0.286. The molecule has 4 rings (SSSR count). The fourth-order valence-corrected chi connectivity index (χ4v) is 3.19. The normalized spacial score (nSPS) is 13.7. The molecule has 0 radical (unpaired) electrons. The number of nitrogens with zero attached hydrogens (tertiary/aromatic N) is 2. The summed E-state index contributed by atoms with van der Waals surface area (Å²) in [5.41, 5.74) is 3.90. The third kappa shape index (κ3) is 2.16. The van der Waals surface area contributed by atoms with Gasteiger partial charge in [-0.1, -0.05) is 6.07 Å². The van der Waals surface area contributed by atoms with E-state index in [0.717, 1.165) is 33.6 Å². The lowest BCUT2D eigenvalue weighted by Gasteiger charge is -2.31. The molecule has 1 aliphatic heterocycles. The third-order valence-electron chi connectivity index (χ3n) is 4.70. The van der Waals surface area contributed by atoms with Crippen molar-refractivity contribution in [2.75, 3.05) is 11.6 Å². The highest BCUT2D eigenvalue weighted by atomic mass is 16.5. The summed E-state index contributed by atoms with van der Waals surface area (Å²) >= 11 is 0. The smallest absolute Gasteiger partial charge is 0.339 e. The van der Waals surface area contributed by atoms with E-state index in [1.807, 2.05) is 32.0 Å². The van der Waals surface area contributed by atoms with Crippen LogP contribution in [0.15, 0.2) is 39.7 Å². The molecule has 0 saturated carbocycles. The number of pyridine rings is 1. The minimum Gasteiger partial charge on any atom is -0.472 e. The van der Waals surface area contributed by atoms with Crippen molar-refractivity contribution in [2.45, 2.75) is 27.3 Å². The quantitative estimate of drug-likeness (QED) is 0.642. The number of hydrogen-bond acceptors (Lipinski definition) is 5. The molecule has 0 fully saturated rings. The summed E-state index contributed by atoms with van der Waals surface area (Å²) in [7, 11) is 0. The highest BCUT2D eigenvalue weighted by Gasteiger charge is 2.23. The van der Waals surface area contributed by atoms with Crippen molar-refractivity contribution in [3.63, 3.8) is 0 Å². The summed E-state index contributed by atoms with van der Waals surface area (Å²) in [6.45, 7) is 6.83. The Bertz CT molecular complexity index is 993. The molecular weight excluding hydrogens is 304 g/mol. The Hall–Kier alpha value is -2.82. The van der Waals surface area contributed by atoms with Crippen LogP contribution in [0.3, 0.4) is 0 Å². The number of rotatable bonds is 1. The van der Waals surface area contributed by atoms with Gasteiger partial charge in [0, 0.05) is 28.3 Å². The van der Waals surface area contributed by atoms with E-state index in [0.29, 0.717) is 24.4 Å². The average Bonchev–Trinajstić information content (AvgIpc) is 2.61. The monoisotopic (exact) mass is 322 g/mol. The Kier molecular flexibility index (Phi) is 3.30. The van der Waals surface area contributed by atoms with Crippen LogP contribution in [0.25, 0.3) is 11.0 Å². The molecule has 0 amide bonds. The standard InChI is InChI=1S/C19H18N2O3/c1-11-12(2)19(22)24-18-13(3)17-14(8-15(11)18)9-21(10-23-17)16-6-4-5-7-20-16/h4-8H,9-10H2,1-3H3. The minimum absolute atomic E-state index is 0.283. The molecule has 2 aromatic heterocycles. The third-order valence-corrected chi connectivity index (χ3v) is 4.70. The zero-order chi connectivity index (χ0) is 16.8. The Morgan fingerprint density at radius 2 is 1.96 bits per heavy atom. The number of ether oxygens (including phenoxy) is 1. The van der Waals surface area contributed by atoms with Crippen molar-refractivity contribution in [3.8, 4) is 5.75 Å². The minimum atomic E-state index is -0.283. The second-order valence-corrected chi connectivity index (χ2v) is 6.17. The maximum atomic E-state index is 12.0. The molecule has 3 heterocycles. The molecule has 0 atom stereocenters. The molecule has 0 N–H and O–H groups in total. The zero-order valence-electron chi connectivity index (χ0n) is 13.9. The van der Waals surface area contributed by atoms with Crippen molar-refractivity contribution in [3.05, 3.63) is 63.1 Å². The first-order valence-corrected chi connectivity index (χ1v) is 7.91. The summed E-state index contributed by atoms with van der Waals surface area (Å²) in [6, 6.07) is 7.90. The largest absolute Gasteiger partial charge is 0.472 e. The predicted molar refractivity (Wildman–Crippen MR) is 92.6 cm³/mol. The lowest BCUT2D eigenvalue weighted by atomic mass is 9.99. The summed E-state index contributed by atoms with van der Waals surface area (Å²) in [4.78, 5) is 18.5. The molecule has 5 heteroatoms. The SMILES string of the molecule is Cc1c(C)c2cc3c(c(C)c2oc1=O)OCN(c1ccccn1)C3. The van der Waals surface area contributed by atoms with E-state index in [4.69, 9.17) is 9.15 Å². The van der Waals surface area contributed by atoms with Crippen LogP contribution in [0.1, 0.15) is 22.3 Å². The van der Waals surface area contributed by atoms with Gasteiger partial charge in [0.25, 0.3) is 0 Å². The van der Waals surface area contributed by atoms with Crippen LogP contribution in [-0.2, 0) is 6.54 Å². The van der Waals surface area contributed by atoms with Crippen LogP contribution >= 0.6 is 0 Å². The molecular formula is C19H18N2O3. The van der Waals surface area contributed by atoms with E-state index < -0.39 is 0 Å². The molecule has 24 heavy (non-hydrogen) atoms. The summed E-state index contributed by atoms with van der Waals surface area (Å²) < 4.78 is 11.5. The van der Waals surface area contributed by atoms with Gasteiger partial charge in [-0.15, -0.1) is 0 Å². The van der Waals surface area contributed by atoms with Crippen molar-refractivity contribution < 1.29 is 9.15 Å². The molecule has 122 valence electrons. The maximum absolute atomic E-state index is 12.0. The highest BCUT2D eigenvalue weighted by Crippen LogP contribution is 2.36.